The highest BCUT2D eigenvalue weighted by Gasteiger charge is 2.11. The fourth-order valence-corrected chi connectivity index (χ4v) is 2.00. The van der Waals surface area contributed by atoms with Gasteiger partial charge in [0, 0.05) is 15.6 Å². The van der Waals surface area contributed by atoms with Gasteiger partial charge < -0.3 is 9.84 Å². The molecule has 18 heavy (non-hydrogen) atoms. The van der Waals surface area contributed by atoms with Crippen LogP contribution in [0.2, 0.25) is 10.0 Å². The number of aliphatic hydroxyl groups excluding tert-OH is 1. The van der Waals surface area contributed by atoms with Crippen molar-refractivity contribution < 1.29 is 14.2 Å². The summed E-state index contributed by atoms with van der Waals surface area (Å²) in [5.41, 5.74) is 0.353. The Morgan fingerprint density at radius 1 is 1.11 bits per heavy atom. The topological polar surface area (TPSA) is 29.5 Å². The molecule has 0 amide bonds. The standard InChI is InChI=1S/C13H9Cl2FO2/c14-9-4-10(15)6-11(5-9)18-13-8(7-17)2-1-3-12(13)16/h1-6,17H,7H2. The molecule has 2 aromatic carbocycles. The van der Waals surface area contributed by atoms with Gasteiger partial charge >= 0.3 is 0 Å². The highest BCUT2D eigenvalue weighted by molar-refractivity contribution is 6.34. The Morgan fingerprint density at radius 2 is 1.78 bits per heavy atom. The quantitative estimate of drug-likeness (QED) is 0.905. The van der Waals surface area contributed by atoms with Crippen LogP contribution in [0.25, 0.3) is 0 Å². The summed E-state index contributed by atoms with van der Waals surface area (Å²) in [7, 11) is 0. The first-order chi connectivity index (χ1) is 8.60. The van der Waals surface area contributed by atoms with Crippen LogP contribution < -0.4 is 4.74 Å². The predicted octanol–water partition coefficient (Wildman–Crippen LogP) is 4.42. The Balaban J connectivity index is 2.39. The summed E-state index contributed by atoms with van der Waals surface area (Å²) in [6, 6.07) is 8.90. The molecule has 0 aliphatic rings. The lowest BCUT2D eigenvalue weighted by Crippen LogP contribution is -1.95. The number of benzene rings is 2. The zero-order valence-corrected chi connectivity index (χ0v) is 10.7. The normalized spacial score (nSPS) is 10.4. The van der Waals surface area contributed by atoms with E-state index < -0.39 is 5.82 Å². The molecule has 0 atom stereocenters. The van der Waals surface area contributed by atoms with Crippen LogP contribution in [0.5, 0.6) is 11.5 Å². The van der Waals surface area contributed by atoms with Crippen molar-refractivity contribution in [2.24, 2.45) is 0 Å². The SMILES string of the molecule is OCc1cccc(F)c1Oc1cc(Cl)cc(Cl)c1. The molecular formula is C13H9Cl2FO2. The Hall–Kier alpha value is -1.29. The average Bonchev–Trinajstić information content (AvgIpc) is 2.30. The maximum absolute atomic E-state index is 13.6. The minimum atomic E-state index is -0.558. The third kappa shape index (κ3) is 2.93. The largest absolute Gasteiger partial charge is 0.454 e. The van der Waals surface area contributed by atoms with E-state index >= 15 is 0 Å². The second-order valence-electron chi connectivity index (χ2n) is 3.59. The third-order valence-electron chi connectivity index (χ3n) is 2.27. The van der Waals surface area contributed by atoms with Gasteiger partial charge in [-0.3, -0.25) is 0 Å². The molecule has 0 aliphatic heterocycles. The van der Waals surface area contributed by atoms with E-state index in [2.05, 4.69) is 0 Å². The molecule has 0 unspecified atom stereocenters. The number of aliphatic hydroxyl groups is 1. The molecule has 2 aromatic rings. The van der Waals surface area contributed by atoms with Gasteiger partial charge in [-0.1, -0.05) is 35.3 Å². The zero-order chi connectivity index (χ0) is 13.1. The van der Waals surface area contributed by atoms with Crippen LogP contribution in [-0.2, 0) is 6.61 Å². The summed E-state index contributed by atoms with van der Waals surface area (Å²) in [6.45, 7) is -0.318. The number of rotatable bonds is 3. The zero-order valence-electron chi connectivity index (χ0n) is 9.16. The molecule has 5 heteroatoms. The van der Waals surface area contributed by atoms with E-state index in [1.54, 1.807) is 12.1 Å². The van der Waals surface area contributed by atoms with E-state index in [0.717, 1.165) is 0 Å². The van der Waals surface area contributed by atoms with Gasteiger partial charge in [0.25, 0.3) is 0 Å². The minimum absolute atomic E-state index is 0.0293. The van der Waals surface area contributed by atoms with Crippen molar-refractivity contribution in [3.8, 4) is 11.5 Å². The van der Waals surface area contributed by atoms with Crippen LogP contribution in [0.3, 0.4) is 0 Å². The molecule has 94 valence electrons. The summed E-state index contributed by atoms with van der Waals surface area (Å²) < 4.78 is 19.0. The molecule has 0 spiro atoms. The van der Waals surface area contributed by atoms with Crippen molar-refractivity contribution in [3.63, 3.8) is 0 Å². The smallest absolute Gasteiger partial charge is 0.168 e. The van der Waals surface area contributed by atoms with Gasteiger partial charge in [-0.05, 0) is 24.3 Å². The van der Waals surface area contributed by atoms with E-state index in [1.165, 1.54) is 24.3 Å². The summed E-state index contributed by atoms with van der Waals surface area (Å²) in [5.74, 6) is -0.275. The Labute approximate surface area is 114 Å². The van der Waals surface area contributed by atoms with Gasteiger partial charge in [-0.25, -0.2) is 4.39 Å². The van der Waals surface area contributed by atoms with Gasteiger partial charge in [0.15, 0.2) is 11.6 Å². The fraction of sp³-hybridized carbons (Fsp3) is 0.0769. The molecule has 0 radical (unpaired) electrons. The molecule has 2 nitrogen and oxygen atoms in total. The third-order valence-corrected chi connectivity index (χ3v) is 2.71. The number of para-hydroxylation sites is 1. The van der Waals surface area contributed by atoms with Crippen LogP contribution in [0.15, 0.2) is 36.4 Å². The molecule has 0 aromatic heterocycles. The first kappa shape index (κ1) is 13.1. The van der Waals surface area contributed by atoms with Gasteiger partial charge in [0.05, 0.1) is 6.61 Å². The van der Waals surface area contributed by atoms with Crippen LogP contribution in [0.4, 0.5) is 4.39 Å². The van der Waals surface area contributed by atoms with Crippen molar-refractivity contribution in [3.05, 3.63) is 57.8 Å². The molecule has 0 fully saturated rings. The lowest BCUT2D eigenvalue weighted by Gasteiger charge is -2.11. The monoisotopic (exact) mass is 286 g/mol. The fourth-order valence-electron chi connectivity index (χ4n) is 1.50. The molecule has 1 N–H and O–H groups in total. The van der Waals surface area contributed by atoms with Gasteiger partial charge in [0.1, 0.15) is 5.75 Å². The van der Waals surface area contributed by atoms with Gasteiger partial charge in [0.2, 0.25) is 0 Å². The van der Waals surface area contributed by atoms with Gasteiger partial charge in [-0.15, -0.1) is 0 Å². The Bertz CT molecular complexity index is 553. The lowest BCUT2D eigenvalue weighted by atomic mass is 10.2. The molecule has 0 bridgehead atoms. The van der Waals surface area contributed by atoms with E-state index in [4.69, 9.17) is 33.0 Å². The molecule has 0 saturated heterocycles. The molecule has 0 saturated carbocycles. The second kappa shape index (κ2) is 5.57. The van der Waals surface area contributed by atoms with E-state index in [0.29, 0.717) is 21.4 Å². The number of hydrogen-bond acceptors (Lipinski definition) is 2. The van der Waals surface area contributed by atoms with E-state index in [9.17, 15) is 4.39 Å². The van der Waals surface area contributed by atoms with E-state index in [1.807, 2.05) is 0 Å². The summed E-state index contributed by atoms with van der Waals surface area (Å²) in [6.07, 6.45) is 0. The number of halogens is 3. The summed E-state index contributed by atoms with van der Waals surface area (Å²) in [5, 5.41) is 9.91. The summed E-state index contributed by atoms with van der Waals surface area (Å²) >= 11 is 11.6. The predicted molar refractivity (Wildman–Crippen MR) is 68.9 cm³/mol. The second-order valence-corrected chi connectivity index (χ2v) is 4.47. The first-order valence-electron chi connectivity index (χ1n) is 5.12. The van der Waals surface area contributed by atoms with Crippen molar-refractivity contribution >= 4 is 23.2 Å². The molecule has 0 heterocycles. The Morgan fingerprint density at radius 3 is 2.39 bits per heavy atom. The van der Waals surface area contributed by atoms with Crippen molar-refractivity contribution in [1.82, 2.24) is 0 Å². The Kier molecular flexibility index (Phi) is 4.07. The van der Waals surface area contributed by atoms with Gasteiger partial charge in [-0.2, -0.15) is 0 Å². The summed E-state index contributed by atoms with van der Waals surface area (Å²) in [4.78, 5) is 0. The maximum Gasteiger partial charge on any atom is 0.168 e. The molecule has 0 aliphatic carbocycles. The highest BCUT2D eigenvalue weighted by Crippen LogP contribution is 2.31. The van der Waals surface area contributed by atoms with Crippen molar-refractivity contribution in [1.29, 1.82) is 0 Å². The van der Waals surface area contributed by atoms with E-state index in [-0.39, 0.29) is 12.4 Å². The number of hydrogen-bond donors (Lipinski definition) is 1. The maximum atomic E-state index is 13.6. The first-order valence-corrected chi connectivity index (χ1v) is 5.88. The van der Waals surface area contributed by atoms with Crippen LogP contribution in [0, 0.1) is 5.82 Å². The minimum Gasteiger partial charge on any atom is -0.454 e. The highest BCUT2D eigenvalue weighted by atomic mass is 35.5. The number of ether oxygens (including phenoxy) is 1. The molecule has 2 rings (SSSR count). The van der Waals surface area contributed by atoms with Crippen LogP contribution in [0.1, 0.15) is 5.56 Å². The van der Waals surface area contributed by atoms with Crippen molar-refractivity contribution in [2.75, 3.05) is 0 Å². The van der Waals surface area contributed by atoms with Crippen molar-refractivity contribution in [2.45, 2.75) is 6.61 Å². The average molecular weight is 287 g/mol. The van der Waals surface area contributed by atoms with Crippen LogP contribution in [-0.4, -0.2) is 5.11 Å². The van der Waals surface area contributed by atoms with Crippen LogP contribution >= 0.6 is 23.2 Å². The molecular weight excluding hydrogens is 278 g/mol. The lowest BCUT2D eigenvalue weighted by molar-refractivity contribution is 0.274.